The summed E-state index contributed by atoms with van der Waals surface area (Å²) < 4.78 is 7.35. The van der Waals surface area contributed by atoms with Crippen LogP contribution < -0.4 is 0 Å². The van der Waals surface area contributed by atoms with Crippen molar-refractivity contribution < 1.29 is 9.53 Å². The number of fused-ring (bicyclic) bond motifs is 1. The molecular formula is C21H32N6O2. The molecule has 2 aliphatic rings. The summed E-state index contributed by atoms with van der Waals surface area (Å²) in [6.45, 7) is 12.2. The highest BCUT2D eigenvalue weighted by atomic mass is 16.5. The molecule has 0 radical (unpaired) electrons. The number of carbonyl (C=O) groups excluding carboxylic acids is 1. The van der Waals surface area contributed by atoms with Gasteiger partial charge in [0.1, 0.15) is 0 Å². The van der Waals surface area contributed by atoms with Crippen molar-refractivity contribution in [2.24, 2.45) is 0 Å². The predicted molar refractivity (Wildman–Crippen MR) is 110 cm³/mol. The van der Waals surface area contributed by atoms with Crippen LogP contribution in [0.15, 0.2) is 12.1 Å². The first-order chi connectivity index (χ1) is 13.9. The fourth-order valence-corrected chi connectivity index (χ4v) is 4.09. The number of hydrogen-bond acceptors (Lipinski definition) is 6. The number of likely N-dealkylation sites (tertiary alicyclic amines) is 1. The molecule has 0 spiro atoms. The molecule has 4 rings (SSSR count). The van der Waals surface area contributed by atoms with Gasteiger partial charge in [0.15, 0.2) is 11.5 Å². The summed E-state index contributed by atoms with van der Waals surface area (Å²) >= 11 is 0. The van der Waals surface area contributed by atoms with Crippen LogP contribution in [0.4, 0.5) is 0 Å². The molecule has 2 aromatic rings. The van der Waals surface area contributed by atoms with E-state index in [0.29, 0.717) is 32.1 Å². The van der Waals surface area contributed by atoms with Crippen molar-refractivity contribution in [2.75, 3.05) is 45.9 Å². The molecule has 2 saturated heterocycles. The number of ether oxygens (including phenoxy) is 1. The Kier molecular flexibility index (Phi) is 5.83. The number of aromatic nitrogens is 4. The van der Waals surface area contributed by atoms with Gasteiger partial charge in [0, 0.05) is 31.0 Å². The highest BCUT2D eigenvalue weighted by molar-refractivity contribution is 5.76. The third-order valence-corrected chi connectivity index (χ3v) is 6.01. The van der Waals surface area contributed by atoms with E-state index in [4.69, 9.17) is 9.84 Å². The van der Waals surface area contributed by atoms with Gasteiger partial charge in [0.2, 0.25) is 5.91 Å². The minimum atomic E-state index is -0.00506. The molecule has 0 atom stereocenters. The lowest BCUT2D eigenvalue weighted by Gasteiger charge is -2.32. The number of amides is 1. The van der Waals surface area contributed by atoms with Crippen LogP contribution in [0.25, 0.3) is 5.65 Å². The van der Waals surface area contributed by atoms with Gasteiger partial charge < -0.3 is 14.5 Å². The summed E-state index contributed by atoms with van der Waals surface area (Å²) in [4.78, 5) is 16.5. The smallest absolute Gasteiger partial charge is 0.225 e. The van der Waals surface area contributed by atoms with E-state index < -0.39 is 0 Å². The van der Waals surface area contributed by atoms with Crippen LogP contribution in [0.2, 0.25) is 0 Å². The monoisotopic (exact) mass is 400 g/mol. The van der Waals surface area contributed by atoms with Gasteiger partial charge in [-0.1, -0.05) is 20.8 Å². The molecule has 29 heavy (non-hydrogen) atoms. The molecule has 158 valence electrons. The second-order valence-electron chi connectivity index (χ2n) is 9.16. The maximum absolute atomic E-state index is 12.1. The Morgan fingerprint density at radius 1 is 1.07 bits per heavy atom. The van der Waals surface area contributed by atoms with E-state index in [0.717, 1.165) is 56.2 Å². The molecule has 4 heterocycles. The SMILES string of the molecule is CC(C)(C)c1ccc2nnc(C3CCN(CCN4CCOCCC4=O)CC3)n2n1. The molecule has 0 saturated carbocycles. The van der Waals surface area contributed by atoms with Gasteiger partial charge >= 0.3 is 0 Å². The zero-order valence-electron chi connectivity index (χ0n) is 17.8. The van der Waals surface area contributed by atoms with Crippen LogP contribution in [0.1, 0.15) is 57.5 Å². The van der Waals surface area contributed by atoms with Gasteiger partial charge in [0.25, 0.3) is 0 Å². The number of piperidine rings is 1. The Balaban J connectivity index is 1.36. The molecule has 8 nitrogen and oxygen atoms in total. The predicted octanol–water partition coefficient (Wildman–Crippen LogP) is 1.85. The van der Waals surface area contributed by atoms with Crippen molar-refractivity contribution in [1.82, 2.24) is 29.6 Å². The number of rotatable bonds is 4. The highest BCUT2D eigenvalue weighted by Gasteiger charge is 2.27. The van der Waals surface area contributed by atoms with Crippen LogP contribution in [0.5, 0.6) is 0 Å². The van der Waals surface area contributed by atoms with E-state index >= 15 is 0 Å². The van der Waals surface area contributed by atoms with Crippen molar-refractivity contribution in [1.29, 1.82) is 0 Å². The maximum Gasteiger partial charge on any atom is 0.225 e. The summed E-state index contributed by atoms with van der Waals surface area (Å²) in [7, 11) is 0. The highest BCUT2D eigenvalue weighted by Crippen LogP contribution is 2.28. The van der Waals surface area contributed by atoms with Crippen LogP contribution in [-0.2, 0) is 14.9 Å². The third kappa shape index (κ3) is 4.59. The summed E-state index contributed by atoms with van der Waals surface area (Å²) in [5, 5.41) is 13.6. The molecule has 8 heteroatoms. The molecular weight excluding hydrogens is 368 g/mol. The van der Waals surface area contributed by atoms with Crippen molar-refractivity contribution in [3.63, 3.8) is 0 Å². The van der Waals surface area contributed by atoms with E-state index in [-0.39, 0.29) is 11.3 Å². The summed E-state index contributed by atoms with van der Waals surface area (Å²) in [6.07, 6.45) is 2.59. The molecule has 2 aliphatic heterocycles. The van der Waals surface area contributed by atoms with Gasteiger partial charge in [-0.15, -0.1) is 10.2 Å². The summed E-state index contributed by atoms with van der Waals surface area (Å²) in [5.41, 5.74) is 1.86. The third-order valence-electron chi connectivity index (χ3n) is 6.01. The summed E-state index contributed by atoms with van der Waals surface area (Å²) in [6, 6.07) is 4.06. The topological polar surface area (TPSA) is 75.9 Å². The van der Waals surface area contributed by atoms with E-state index in [1.54, 1.807) is 0 Å². The normalized spacial score (nSPS) is 20.4. The number of nitrogens with zero attached hydrogens (tertiary/aromatic N) is 6. The van der Waals surface area contributed by atoms with Gasteiger partial charge in [-0.3, -0.25) is 4.79 Å². The minimum absolute atomic E-state index is 0.00506. The lowest BCUT2D eigenvalue weighted by atomic mass is 9.92. The molecule has 0 aliphatic carbocycles. The second kappa shape index (κ2) is 8.36. The summed E-state index contributed by atoms with van der Waals surface area (Å²) in [5.74, 6) is 1.57. The standard InChI is InChI=1S/C21H32N6O2/c1-21(2,3)17-4-5-18-22-23-20(27(18)24-17)16-6-9-25(10-7-16)11-12-26-13-15-29-14-8-19(26)28/h4-5,16H,6-15H2,1-3H3. The molecule has 1 amide bonds. The molecule has 2 aromatic heterocycles. The average molecular weight is 401 g/mol. The van der Waals surface area contributed by atoms with Crippen LogP contribution in [-0.4, -0.2) is 81.5 Å². The molecule has 2 fully saturated rings. The van der Waals surface area contributed by atoms with Gasteiger partial charge in [0.05, 0.1) is 25.3 Å². The zero-order valence-corrected chi connectivity index (χ0v) is 17.8. The minimum Gasteiger partial charge on any atom is -0.379 e. The fourth-order valence-electron chi connectivity index (χ4n) is 4.09. The lowest BCUT2D eigenvalue weighted by molar-refractivity contribution is -0.130. The van der Waals surface area contributed by atoms with Gasteiger partial charge in [-0.2, -0.15) is 9.61 Å². The first-order valence-electron chi connectivity index (χ1n) is 10.7. The Labute approximate surface area is 172 Å². The Bertz CT molecular complexity index is 850. The molecule has 0 unspecified atom stereocenters. The Morgan fingerprint density at radius 3 is 2.62 bits per heavy atom. The van der Waals surface area contributed by atoms with E-state index in [1.807, 2.05) is 21.5 Å². The number of hydrogen-bond donors (Lipinski definition) is 0. The van der Waals surface area contributed by atoms with Crippen LogP contribution >= 0.6 is 0 Å². The largest absolute Gasteiger partial charge is 0.379 e. The van der Waals surface area contributed by atoms with E-state index in [9.17, 15) is 4.79 Å². The van der Waals surface area contributed by atoms with Gasteiger partial charge in [-0.25, -0.2) is 0 Å². The van der Waals surface area contributed by atoms with Crippen LogP contribution in [0, 0.1) is 0 Å². The van der Waals surface area contributed by atoms with E-state index in [2.05, 4.69) is 35.9 Å². The second-order valence-corrected chi connectivity index (χ2v) is 9.16. The van der Waals surface area contributed by atoms with Crippen LogP contribution in [0.3, 0.4) is 0 Å². The fraction of sp³-hybridized carbons (Fsp3) is 0.714. The number of carbonyl (C=O) groups is 1. The lowest BCUT2D eigenvalue weighted by Crippen LogP contribution is -2.42. The first kappa shape index (κ1) is 20.2. The first-order valence-corrected chi connectivity index (χ1v) is 10.7. The van der Waals surface area contributed by atoms with Crippen molar-refractivity contribution in [3.8, 4) is 0 Å². The molecule has 0 aromatic carbocycles. The van der Waals surface area contributed by atoms with Crippen molar-refractivity contribution in [2.45, 2.75) is 51.4 Å². The van der Waals surface area contributed by atoms with Gasteiger partial charge in [-0.05, 0) is 38.1 Å². The van der Waals surface area contributed by atoms with E-state index in [1.165, 1.54) is 0 Å². The molecule has 0 N–H and O–H groups in total. The molecule has 0 bridgehead atoms. The Hall–Kier alpha value is -2.06. The van der Waals surface area contributed by atoms with Crippen molar-refractivity contribution in [3.05, 3.63) is 23.7 Å². The Morgan fingerprint density at radius 2 is 1.86 bits per heavy atom. The average Bonchev–Trinajstić information content (AvgIpc) is 3.02. The zero-order chi connectivity index (χ0) is 20.4. The van der Waals surface area contributed by atoms with Crippen molar-refractivity contribution >= 4 is 11.6 Å². The quantitative estimate of drug-likeness (QED) is 0.780. The maximum atomic E-state index is 12.1.